The van der Waals surface area contributed by atoms with Crippen molar-refractivity contribution in [3.8, 4) is 0 Å². The first kappa shape index (κ1) is 14.4. The maximum atomic E-state index is 4.66. The summed E-state index contributed by atoms with van der Waals surface area (Å²) in [6.07, 6.45) is 11.3. The highest BCUT2D eigenvalue weighted by molar-refractivity contribution is 5.09. The molecule has 1 fully saturated rings. The second-order valence-corrected chi connectivity index (χ2v) is 5.71. The summed E-state index contributed by atoms with van der Waals surface area (Å²) in [5.41, 5.74) is 1.19. The van der Waals surface area contributed by atoms with Crippen molar-refractivity contribution in [1.29, 1.82) is 0 Å². The summed E-state index contributed by atoms with van der Waals surface area (Å²) in [7, 11) is 0. The van der Waals surface area contributed by atoms with E-state index in [0.717, 1.165) is 18.3 Å². The van der Waals surface area contributed by atoms with E-state index < -0.39 is 0 Å². The van der Waals surface area contributed by atoms with Crippen LogP contribution in [0.1, 0.15) is 69.4 Å². The molecule has 1 heterocycles. The summed E-state index contributed by atoms with van der Waals surface area (Å²) in [4.78, 5) is 8.89. The van der Waals surface area contributed by atoms with Crippen LogP contribution in [0.15, 0.2) is 12.3 Å². The minimum atomic E-state index is 0.416. The van der Waals surface area contributed by atoms with E-state index >= 15 is 0 Å². The highest BCUT2D eigenvalue weighted by Gasteiger charge is 2.24. The van der Waals surface area contributed by atoms with Crippen molar-refractivity contribution in [3.63, 3.8) is 0 Å². The number of rotatable bonds is 5. The molecule has 1 unspecified atom stereocenters. The lowest BCUT2D eigenvalue weighted by Crippen LogP contribution is -2.30. The van der Waals surface area contributed by atoms with E-state index in [9.17, 15) is 0 Å². The number of nitrogens with one attached hydrogen (secondary N) is 1. The molecule has 3 heteroatoms. The van der Waals surface area contributed by atoms with Crippen LogP contribution < -0.4 is 5.32 Å². The summed E-state index contributed by atoms with van der Waals surface area (Å²) >= 11 is 0. The van der Waals surface area contributed by atoms with E-state index in [1.165, 1.54) is 50.6 Å². The Labute approximate surface area is 117 Å². The first-order chi connectivity index (χ1) is 9.31. The van der Waals surface area contributed by atoms with Gasteiger partial charge in [-0.1, -0.05) is 32.6 Å². The topological polar surface area (TPSA) is 37.8 Å². The van der Waals surface area contributed by atoms with Gasteiger partial charge >= 0.3 is 0 Å². The third kappa shape index (κ3) is 4.27. The van der Waals surface area contributed by atoms with E-state index in [4.69, 9.17) is 0 Å². The minimum Gasteiger partial charge on any atom is -0.308 e. The van der Waals surface area contributed by atoms with Crippen LogP contribution in [0.25, 0.3) is 0 Å². The number of nitrogens with zero attached hydrogens (tertiary/aromatic N) is 2. The van der Waals surface area contributed by atoms with Crippen LogP contribution >= 0.6 is 0 Å². The Hall–Kier alpha value is -0.960. The van der Waals surface area contributed by atoms with Crippen molar-refractivity contribution >= 4 is 0 Å². The van der Waals surface area contributed by atoms with Crippen molar-refractivity contribution in [2.45, 2.75) is 64.8 Å². The fourth-order valence-electron chi connectivity index (χ4n) is 3.10. The molecule has 0 aliphatic heterocycles. The smallest absolute Gasteiger partial charge is 0.125 e. The number of hydrogen-bond donors (Lipinski definition) is 1. The molecular formula is C16H27N3. The van der Waals surface area contributed by atoms with Crippen LogP contribution in [0.3, 0.4) is 0 Å². The zero-order valence-corrected chi connectivity index (χ0v) is 12.4. The maximum absolute atomic E-state index is 4.66. The van der Waals surface area contributed by atoms with Gasteiger partial charge in [0.05, 0.1) is 11.7 Å². The Morgan fingerprint density at radius 2 is 2.00 bits per heavy atom. The zero-order chi connectivity index (χ0) is 13.5. The van der Waals surface area contributed by atoms with Gasteiger partial charge in [0.25, 0.3) is 0 Å². The number of aromatic nitrogens is 2. The van der Waals surface area contributed by atoms with Gasteiger partial charge in [0.2, 0.25) is 0 Å². The molecule has 0 amide bonds. The maximum Gasteiger partial charge on any atom is 0.125 e. The summed E-state index contributed by atoms with van der Waals surface area (Å²) in [6, 6.07) is 2.50. The number of aryl methyl sites for hydroxylation is 1. The normalized spacial score (nSPS) is 19.1. The summed E-state index contributed by atoms with van der Waals surface area (Å²) in [5, 5.41) is 3.72. The van der Waals surface area contributed by atoms with Gasteiger partial charge in [-0.3, -0.25) is 0 Å². The van der Waals surface area contributed by atoms with Crippen molar-refractivity contribution in [3.05, 3.63) is 23.8 Å². The SMILES string of the molecule is CCCNC(c1ccnc(C)n1)C1CCCCCC1. The predicted octanol–water partition coefficient (Wildman–Crippen LogP) is 3.80. The molecule has 1 aromatic rings. The van der Waals surface area contributed by atoms with E-state index in [0.29, 0.717) is 6.04 Å². The Morgan fingerprint density at radius 3 is 2.63 bits per heavy atom. The molecule has 0 radical (unpaired) electrons. The largest absolute Gasteiger partial charge is 0.308 e. The van der Waals surface area contributed by atoms with E-state index in [1.807, 2.05) is 13.1 Å². The summed E-state index contributed by atoms with van der Waals surface area (Å²) in [5.74, 6) is 1.62. The van der Waals surface area contributed by atoms with Gasteiger partial charge in [0, 0.05) is 6.20 Å². The van der Waals surface area contributed by atoms with Gasteiger partial charge in [-0.05, 0) is 44.7 Å². The molecule has 1 aliphatic carbocycles. The Bertz CT molecular complexity index is 370. The lowest BCUT2D eigenvalue weighted by molar-refractivity contribution is 0.319. The lowest BCUT2D eigenvalue weighted by Gasteiger charge is -2.27. The van der Waals surface area contributed by atoms with Gasteiger partial charge in [0.1, 0.15) is 5.82 Å². The summed E-state index contributed by atoms with van der Waals surface area (Å²) < 4.78 is 0. The summed E-state index contributed by atoms with van der Waals surface area (Å²) in [6.45, 7) is 5.28. The molecule has 1 saturated carbocycles. The van der Waals surface area contributed by atoms with Crippen molar-refractivity contribution < 1.29 is 0 Å². The standard InChI is InChI=1S/C16H27N3/c1-3-11-18-16(14-8-6-4-5-7-9-14)15-10-12-17-13(2)19-15/h10,12,14,16,18H,3-9,11H2,1-2H3. The van der Waals surface area contributed by atoms with Crippen LogP contribution in [0.2, 0.25) is 0 Å². The molecular weight excluding hydrogens is 234 g/mol. The molecule has 1 aromatic heterocycles. The molecule has 1 N–H and O–H groups in total. The monoisotopic (exact) mass is 261 g/mol. The average Bonchev–Trinajstić information content (AvgIpc) is 2.68. The zero-order valence-electron chi connectivity index (χ0n) is 12.4. The second-order valence-electron chi connectivity index (χ2n) is 5.71. The Balaban J connectivity index is 2.13. The average molecular weight is 261 g/mol. The predicted molar refractivity (Wildman–Crippen MR) is 79.0 cm³/mol. The minimum absolute atomic E-state index is 0.416. The first-order valence-electron chi connectivity index (χ1n) is 7.84. The third-order valence-electron chi connectivity index (χ3n) is 4.10. The molecule has 0 aromatic carbocycles. The van der Waals surface area contributed by atoms with E-state index in [2.05, 4.69) is 28.3 Å². The lowest BCUT2D eigenvalue weighted by atomic mass is 9.89. The van der Waals surface area contributed by atoms with Crippen LogP contribution in [0, 0.1) is 12.8 Å². The van der Waals surface area contributed by atoms with E-state index in [-0.39, 0.29) is 0 Å². The van der Waals surface area contributed by atoms with Gasteiger partial charge in [0.15, 0.2) is 0 Å². The Morgan fingerprint density at radius 1 is 1.26 bits per heavy atom. The van der Waals surface area contributed by atoms with Crippen LogP contribution in [-0.4, -0.2) is 16.5 Å². The Kier molecular flexibility index (Phi) is 5.77. The van der Waals surface area contributed by atoms with Gasteiger partial charge in [-0.15, -0.1) is 0 Å². The molecule has 2 rings (SSSR count). The van der Waals surface area contributed by atoms with Crippen LogP contribution in [0.4, 0.5) is 0 Å². The molecule has 1 atom stereocenters. The fourth-order valence-corrected chi connectivity index (χ4v) is 3.10. The quantitative estimate of drug-likeness (QED) is 0.819. The van der Waals surface area contributed by atoms with Crippen molar-refractivity contribution in [1.82, 2.24) is 15.3 Å². The molecule has 0 bridgehead atoms. The molecule has 0 saturated heterocycles. The van der Waals surface area contributed by atoms with Crippen molar-refractivity contribution in [2.75, 3.05) is 6.54 Å². The highest BCUT2D eigenvalue weighted by atomic mass is 15.0. The van der Waals surface area contributed by atoms with Crippen molar-refractivity contribution in [2.24, 2.45) is 5.92 Å². The number of hydrogen-bond acceptors (Lipinski definition) is 3. The van der Waals surface area contributed by atoms with Crippen LogP contribution in [-0.2, 0) is 0 Å². The van der Waals surface area contributed by atoms with Gasteiger partial charge < -0.3 is 5.32 Å². The molecule has 106 valence electrons. The molecule has 3 nitrogen and oxygen atoms in total. The molecule has 0 spiro atoms. The highest BCUT2D eigenvalue weighted by Crippen LogP contribution is 2.32. The first-order valence-corrected chi connectivity index (χ1v) is 7.84. The van der Waals surface area contributed by atoms with Gasteiger partial charge in [-0.25, -0.2) is 9.97 Å². The van der Waals surface area contributed by atoms with Gasteiger partial charge in [-0.2, -0.15) is 0 Å². The third-order valence-corrected chi connectivity index (χ3v) is 4.10. The van der Waals surface area contributed by atoms with Crippen LogP contribution in [0.5, 0.6) is 0 Å². The molecule has 19 heavy (non-hydrogen) atoms. The fraction of sp³-hybridized carbons (Fsp3) is 0.750. The van der Waals surface area contributed by atoms with E-state index in [1.54, 1.807) is 0 Å². The second kappa shape index (κ2) is 7.59. The molecule has 1 aliphatic rings.